The minimum absolute atomic E-state index is 0.195. The number of amides is 1. The first-order valence-corrected chi connectivity index (χ1v) is 7.42. The van der Waals surface area contributed by atoms with Gasteiger partial charge >= 0.3 is 0 Å². The third-order valence-electron chi connectivity index (χ3n) is 3.53. The van der Waals surface area contributed by atoms with Crippen molar-refractivity contribution in [3.8, 4) is 0 Å². The summed E-state index contributed by atoms with van der Waals surface area (Å²) in [6.45, 7) is 0.646. The quantitative estimate of drug-likeness (QED) is 0.497. The van der Waals surface area contributed by atoms with Crippen molar-refractivity contribution in [1.29, 1.82) is 0 Å². The molecular weight excluding hydrogens is 264 g/mol. The van der Waals surface area contributed by atoms with E-state index < -0.39 is 0 Å². The molecule has 0 unspecified atom stereocenters. The zero-order valence-electron chi connectivity index (χ0n) is 12.5. The van der Waals surface area contributed by atoms with Crippen LogP contribution in [0.25, 0.3) is 6.08 Å². The van der Waals surface area contributed by atoms with Crippen LogP contribution >= 0.6 is 0 Å². The summed E-state index contributed by atoms with van der Waals surface area (Å²) in [4.78, 5) is 16.2. The Morgan fingerprint density at radius 2 is 2.33 bits per heavy atom. The zero-order chi connectivity index (χ0) is 14.9. The molecule has 0 fully saturated rings. The lowest BCUT2D eigenvalue weighted by molar-refractivity contribution is -0.120. The highest BCUT2D eigenvalue weighted by Crippen LogP contribution is 2.19. The van der Waals surface area contributed by atoms with Gasteiger partial charge in [0.1, 0.15) is 0 Å². The van der Waals surface area contributed by atoms with E-state index in [0.29, 0.717) is 12.2 Å². The molecule has 0 spiro atoms. The van der Waals surface area contributed by atoms with E-state index in [4.69, 9.17) is 4.74 Å². The van der Waals surface area contributed by atoms with Crippen LogP contribution in [0.5, 0.6) is 0 Å². The molecule has 1 aromatic heterocycles. The molecule has 4 nitrogen and oxygen atoms in total. The summed E-state index contributed by atoms with van der Waals surface area (Å²) < 4.78 is 5.15. The number of carbonyl (C=O) groups is 1. The summed E-state index contributed by atoms with van der Waals surface area (Å²) in [6, 6.07) is 5.54. The second-order valence-electron chi connectivity index (χ2n) is 5.08. The molecule has 1 aliphatic carbocycles. The lowest BCUT2D eigenvalue weighted by Crippen LogP contribution is -2.27. The number of nitrogens with one attached hydrogen (secondary N) is 1. The molecule has 0 bridgehead atoms. The van der Waals surface area contributed by atoms with E-state index >= 15 is 0 Å². The minimum Gasteiger partial charge on any atom is -0.491 e. The summed E-state index contributed by atoms with van der Waals surface area (Å²) in [7, 11) is 1.50. The van der Waals surface area contributed by atoms with E-state index in [9.17, 15) is 4.79 Å². The fourth-order valence-electron chi connectivity index (χ4n) is 2.37. The molecule has 112 valence electrons. The number of ether oxygens (including phenoxy) is 1. The molecule has 0 aliphatic heterocycles. The molecule has 1 heterocycles. The van der Waals surface area contributed by atoms with Crippen molar-refractivity contribution in [2.45, 2.75) is 32.1 Å². The average Bonchev–Trinajstić information content (AvgIpc) is 2.54. The summed E-state index contributed by atoms with van der Waals surface area (Å²) >= 11 is 0. The molecule has 21 heavy (non-hydrogen) atoms. The fraction of sp³-hybridized carbons (Fsp3) is 0.412. The van der Waals surface area contributed by atoms with Gasteiger partial charge in [-0.25, -0.2) is 0 Å². The maximum Gasteiger partial charge on any atom is 0.286 e. The Labute approximate surface area is 125 Å². The van der Waals surface area contributed by atoms with Crippen LogP contribution in [0.1, 0.15) is 37.8 Å². The molecule has 0 saturated heterocycles. The lowest BCUT2D eigenvalue weighted by atomic mass is 9.97. The topological polar surface area (TPSA) is 51.2 Å². The lowest BCUT2D eigenvalue weighted by Gasteiger charge is -2.13. The van der Waals surface area contributed by atoms with Crippen molar-refractivity contribution in [3.05, 3.63) is 47.5 Å². The summed E-state index contributed by atoms with van der Waals surface area (Å²) in [5, 5.41) is 2.90. The van der Waals surface area contributed by atoms with E-state index in [-0.39, 0.29) is 11.7 Å². The second-order valence-corrected chi connectivity index (χ2v) is 5.08. The Hall–Kier alpha value is -2.10. The zero-order valence-corrected chi connectivity index (χ0v) is 12.5. The van der Waals surface area contributed by atoms with Gasteiger partial charge in [-0.3, -0.25) is 9.78 Å². The number of allylic oxidation sites excluding steroid dienone is 1. The van der Waals surface area contributed by atoms with Gasteiger partial charge in [0.2, 0.25) is 0 Å². The second kappa shape index (κ2) is 8.25. The molecular formula is C17H22N2O2. The summed E-state index contributed by atoms with van der Waals surface area (Å²) in [5.41, 5.74) is 2.16. The molecule has 4 heteroatoms. The van der Waals surface area contributed by atoms with E-state index in [1.54, 1.807) is 12.3 Å². The van der Waals surface area contributed by atoms with E-state index in [2.05, 4.69) is 16.4 Å². The van der Waals surface area contributed by atoms with Gasteiger partial charge in [-0.15, -0.1) is 0 Å². The van der Waals surface area contributed by atoms with Crippen LogP contribution in [-0.2, 0) is 9.53 Å². The normalized spacial score (nSPS) is 15.3. The smallest absolute Gasteiger partial charge is 0.286 e. The number of hydrogen-bond donors (Lipinski definition) is 1. The Morgan fingerprint density at radius 3 is 3.00 bits per heavy atom. The number of pyridine rings is 1. The molecule has 0 aromatic carbocycles. The van der Waals surface area contributed by atoms with Gasteiger partial charge in [0, 0.05) is 18.8 Å². The molecule has 1 amide bonds. The first kappa shape index (κ1) is 15.3. The highest BCUT2D eigenvalue weighted by molar-refractivity contribution is 5.95. The van der Waals surface area contributed by atoms with Crippen LogP contribution < -0.4 is 5.32 Å². The highest BCUT2D eigenvalue weighted by Gasteiger charge is 2.10. The molecule has 0 saturated carbocycles. The van der Waals surface area contributed by atoms with Crippen LogP contribution in [0.15, 0.2) is 41.8 Å². The predicted octanol–water partition coefficient (Wildman–Crippen LogP) is 3.08. The number of methoxy groups -OCH3 is 1. The van der Waals surface area contributed by atoms with Gasteiger partial charge < -0.3 is 10.1 Å². The SMILES string of the molecule is CO/C(=C/c1ccccn1)C(=O)NCCC1=CCCCC1. The third kappa shape index (κ3) is 5.06. The molecule has 1 aliphatic rings. The summed E-state index contributed by atoms with van der Waals surface area (Å²) in [5.74, 6) is 0.0888. The Balaban J connectivity index is 1.85. The summed E-state index contributed by atoms with van der Waals surface area (Å²) in [6.07, 6.45) is 11.5. The van der Waals surface area contributed by atoms with Crippen molar-refractivity contribution in [2.75, 3.05) is 13.7 Å². The number of aromatic nitrogens is 1. The van der Waals surface area contributed by atoms with Crippen molar-refractivity contribution in [1.82, 2.24) is 10.3 Å². The van der Waals surface area contributed by atoms with E-state index in [1.165, 1.54) is 31.9 Å². The van der Waals surface area contributed by atoms with Crippen molar-refractivity contribution < 1.29 is 9.53 Å². The van der Waals surface area contributed by atoms with Gasteiger partial charge in [0.15, 0.2) is 5.76 Å². The van der Waals surface area contributed by atoms with Crippen molar-refractivity contribution >= 4 is 12.0 Å². The Kier molecular flexibility index (Phi) is 6.00. The third-order valence-corrected chi connectivity index (χ3v) is 3.53. The van der Waals surface area contributed by atoms with Crippen LogP contribution in [0.4, 0.5) is 0 Å². The van der Waals surface area contributed by atoms with Gasteiger partial charge in [0.25, 0.3) is 5.91 Å². The molecule has 0 atom stereocenters. The molecule has 1 aromatic rings. The predicted molar refractivity (Wildman–Crippen MR) is 83.4 cm³/mol. The maximum absolute atomic E-state index is 12.1. The van der Waals surface area contributed by atoms with Crippen LogP contribution in [0, 0.1) is 0 Å². The van der Waals surface area contributed by atoms with Gasteiger partial charge in [-0.1, -0.05) is 17.7 Å². The van der Waals surface area contributed by atoms with Gasteiger partial charge in [0.05, 0.1) is 12.8 Å². The molecule has 2 rings (SSSR count). The molecule has 1 N–H and O–H groups in total. The minimum atomic E-state index is -0.195. The van der Waals surface area contributed by atoms with Gasteiger partial charge in [-0.05, 0) is 44.2 Å². The number of rotatable bonds is 6. The fourth-order valence-corrected chi connectivity index (χ4v) is 2.37. The monoisotopic (exact) mass is 286 g/mol. The van der Waals surface area contributed by atoms with Crippen molar-refractivity contribution in [2.24, 2.45) is 0 Å². The van der Waals surface area contributed by atoms with E-state index in [0.717, 1.165) is 12.8 Å². The van der Waals surface area contributed by atoms with Crippen LogP contribution in [0.3, 0.4) is 0 Å². The largest absolute Gasteiger partial charge is 0.491 e. The number of nitrogens with zero attached hydrogens (tertiary/aromatic N) is 1. The van der Waals surface area contributed by atoms with Crippen molar-refractivity contribution in [3.63, 3.8) is 0 Å². The highest BCUT2D eigenvalue weighted by atomic mass is 16.5. The van der Waals surface area contributed by atoms with Crippen LogP contribution in [-0.4, -0.2) is 24.5 Å². The molecule has 0 radical (unpaired) electrons. The number of hydrogen-bond acceptors (Lipinski definition) is 3. The van der Waals surface area contributed by atoms with Gasteiger partial charge in [-0.2, -0.15) is 0 Å². The Bertz CT molecular complexity index is 521. The first-order chi connectivity index (χ1) is 10.3. The van der Waals surface area contributed by atoms with E-state index in [1.807, 2.05) is 18.2 Å². The van der Waals surface area contributed by atoms with Crippen LogP contribution in [0.2, 0.25) is 0 Å². The Morgan fingerprint density at radius 1 is 1.43 bits per heavy atom. The average molecular weight is 286 g/mol. The standard InChI is InChI=1S/C17H22N2O2/c1-21-16(13-15-9-5-6-11-18-15)17(20)19-12-10-14-7-3-2-4-8-14/h5-7,9,11,13H,2-4,8,10,12H2,1H3,(H,19,20)/b16-13+. The first-order valence-electron chi connectivity index (χ1n) is 7.42. The maximum atomic E-state index is 12.1. The number of carbonyl (C=O) groups excluding carboxylic acids is 1.